The van der Waals surface area contributed by atoms with Crippen molar-refractivity contribution in [1.82, 2.24) is 5.43 Å². The maximum Gasteiger partial charge on any atom is 0.179 e. The minimum Gasteiger partial charge on any atom is -0.458 e. The van der Waals surface area contributed by atoms with Gasteiger partial charge in [-0.15, -0.1) is 0 Å². The molecule has 14 heavy (non-hydrogen) atoms. The summed E-state index contributed by atoms with van der Waals surface area (Å²) < 4.78 is 5.41. The summed E-state index contributed by atoms with van der Waals surface area (Å²) in [6.07, 6.45) is 0. The summed E-state index contributed by atoms with van der Waals surface area (Å²) in [6, 6.07) is 3.73. The first-order chi connectivity index (χ1) is 6.42. The molecule has 0 fully saturated rings. The molecule has 0 unspecified atom stereocenters. The van der Waals surface area contributed by atoms with Gasteiger partial charge in [0.05, 0.1) is 5.54 Å². The van der Waals surface area contributed by atoms with Crippen LogP contribution in [0.5, 0.6) is 0 Å². The lowest BCUT2D eigenvalue weighted by Crippen LogP contribution is -2.33. The van der Waals surface area contributed by atoms with E-state index in [1.54, 1.807) is 0 Å². The number of hydrogen-bond donors (Lipinski definition) is 2. The Morgan fingerprint density at radius 3 is 2.43 bits per heavy atom. The number of rotatable bonds is 1. The predicted molar refractivity (Wildman–Crippen MR) is 57.1 cm³/mol. The second-order valence-electron chi connectivity index (χ2n) is 4.19. The molecule has 4 nitrogen and oxygen atoms in total. The normalized spacial score (nSPS) is 13.1. The van der Waals surface area contributed by atoms with E-state index in [0.29, 0.717) is 11.6 Å². The Hall–Kier alpha value is -1.29. The van der Waals surface area contributed by atoms with Crippen LogP contribution in [0.3, 0.4) is 0 Å². The minimum absolute atomic E-state index is 0.178. The zero-order valence-electron chi connectivity index (χ0n) is 9.09. The summed E-state index contributed by atoms with van der Waals surface area (Å²) in [6.45, 7) is 7.88. The van der Waals surface area contributed by atoms with Gasteiger partial charge in [0.2, 0.25) is 0 Å². The minimum atomic E-state index is -0.178. The van der Waals surface area contributed by atoms with Crippen LogP contribution in [0.25, 0.3) is 0 Å². The molecule has 0 amide bonds. The van der Waals surface area contributed by atoms with Crippen molar-refractivity contribution in [3.63, 3.8) is 0 Å². The van der Waals surface area contributed by atoms with E-state index in [2.05, 4.69) is 10.4 Å². The summed E-state index contributed by atoms with van der Waals surface area (Å²) in [4.78, 5) is 4.40. The van der Waals surface area contributed by atoms with E-state index in [1.807, 2.05) is 39.8 Å². The third-order valence-electron chi connectivity index (χ3n) is 1.56. The molecule has 1 heterocycles. The van der Waals surface area contributed by atoms with Crippen molar-refractivity contribution in [2.45, 2.75) is 33.2 Å². The van der Waals surface area contributed by atoms with Gasteiger partial charge in [0.25, 0.3) is 0 Å². The zero-order valence-corrected chi connectivity index (χ0v) is 9.09. The molecule has 0 bridgehead atoms. The fourth-order valence-electron chi connectivity index (χ4n) is 1.06. The van der Waals surface area contributed by atoms with Crippen molar-refractivity contribution in [3.05, 3.63) is 23.7 Å². The highest BCUT2D eigenvalue weighted by Crippen LogP contribution is 2.11. The van der Waals surface area contributed by atoms with Crippen LogP contribution in [-0.4, -0.2) is 11.4 Å². The highest BCUT2D eigenvalue weighted by Gasteiger charge is 2.12. The van der Waals surface area contributed by atoms with E-state index in [0.717, 1.165) is 5.76 Å². The first-order valence-electron chi connectivity index (χ1n) is 4.55. The van der Waals surface area contributed by atoms with Crippen LogP contribution < -0.4 is 11.3 Å². The third-order valence-corrected chi connectivity index (χ3v) is 1.56. The molecule has 4 heteroatoms. The molecule has 1 rings (SSSR count). The Kier molecular flexibility index (Phi) is 2.96. The number of hydrazine groups is 1. The van der Waals surface area contributed by atoms with Crippen LogP contribution in [-0.2, 0) is 0 Å². The van der Waals surface area contributed by atoms with E-state index < -0.39 is 0 Å². The highest BCUT2D eigenvalue weighted by molar-refractivity contribution is 5.96. The van der Waals surface area contributed by atoms with Crippen molar-refractivity contribution in [1.29, 1.82) is 0 Å². The van der Waals surface area contributed by atoms with Gasteiger partial charge in [-0.25, -0.2) is 5.84 Å². The quantitative estimate of drug-likeness (QED) is 0.309. The van der Waals surface area contributed by atoms with Gasteiger partial charge in [-0.05, 0) is 39.8 Å². The number of furan rings is 1. The van der Waals surface area contributed by atoms with E-state index in [-0.39, 0.29) is 5.54 Å². The number of hydrogen-bond acceptors (Lipinski definition) is 3. The molecule has 1 aromatic heterocycles. The van der Waals surface area contributed by atoms with E-state index >= 15 is 0 Å². The second kappa shape index (κ2) is 3.84. The van der Waals surface area contributed by atoms with Crippen LogP contribution in [0, 0.1) is 6.92 Å². The smallest absolute Gasteiger partial charge is 0.179 e. The van der Waals surface area contributed by atoms with E-state index in [4.69, 9.17) is 10.3 Å². The molecule has 1 aromatic rings. The molecule has 0 saturated carbocycles. The number of aliphatic imine (C=N–C) groups is 1. The number of nitrogens with zero attached hydrogens (tertiary/aromatic N) is 1. The van der Waals surface area contributed by atoms with Crippen molar-refractivity contribution in [2.75, 3.05) is 0 Å². The summed E-state index contributed by atoms with van der Waals surface area (Å²) in [5.41, 5.74) is 2.37. The summed E-state index contributed by atoms with van der Waals surface area (Å²) in [5.74, 6) is 7.47. The first kappa shape index (κ1) is 10.8. The van der Waals surface area contributed by atoms with Crippen LogP contribution in [0.2, 0.25) is 0 Å². The maximum atomic E-state index is 5.41. The van der Waals surface area contributed by atoms with Crippen LogP contribution >= 0.6 is 0 Å². The zero-order chi connectivity index (χ0) is 10.8. The molecule has 78 valence electrons. The fraction of sp³-hybridized carbons (Fsp3) is 0.500. The molecule has 0 aromatic carbocycles. The lowest BCUT2D eigenvalue weighted by atomic mass is 10.1. The first-order valence-corrected chi connectivity index (χ1v) is 4.55. The van der Waals surface area contributed by atoms with Crippen molar-refractivity contribution < 1.29 is 4.42 Å². The topological polar surface area (TPSA) is 63.5 Å². The van der Waals surface area contributed by atoms with Gasteiger partial charge in [0.15, 0.2) is 11.6 Å². The molecule has 3 N–H and O–H groups in total. The van der Waals surface area contributed by atoms with Crippen molar-refractivity contribution in [3.8, 4) is 0 Å². The molecule has 0 saturated heterocycles. The molecule has 0 aliphatic heterocycles. The van der Waals surface area contributed by atoms with E-state index in [1.165, 1.54) is 0 Å². The lowest BCUT2D eigenvalue weighted by Gasteiger charge is -2.14. The van der Waals surface area contributed by atoms with Gasteiger partial charge in [-0.1, -0.05) is 0 Å². The predicted octanol–water partition coefficient (Wildman–Crippen LogP) is 1.60. The lowest BCUT2D eigenvalue weighted by molar-refractivity contribution is 0.515. The van der Waals surface area contributed by atoms with Crippen molar-refractivity contribution in [2.24, 2.45) is 10.8 Å². The molecule has 0 spiro atoms. The van der Waals surface area contributed by atoms with E-state index in [9.17, 15) is 0 Å². The van der Waals surface area contributed by atoms with Gasteiger partial charge in [0.1, 0.15) is 5.76 Å². The average molecular weight is 195 g/mol. The number of nitrogens with one attached hydrogen (secondary N) is 1. The molecule has 0 atom stereocenters. The average Bonchev–Trinajstić information content (AvgIpc) is 2.46. The van der Waals surface area contributed by atoms with Crippen LogP contribution in [0.4, 0.5) is 0 Å². The molecule has 0 aliphatic rings. The van der Waals surface area contributed by atoms with Gasteiger partial charge in [-0.2, -0.15) is 0 Å². The Morgan fingerprint density at radius 1 is 1.43 bits per heavy atom. The molecular formula is C10H17N3O. The third kappa shape index (κ3) is 2.88. The van der Waals surface area contributed by atoms with Gasteiger partial charge in [-0.3, -0.25) is 4.99 Å². The van der Waals surface area contributed by atoms with Crippen LogP contribution in [0.1, 0.15) is 32.3 Å². The summed E-state index contributed by atoms with van der Waals surface area (Å²) in [7, 11) is 0. The van der Waals surface area contributed by atoms with Gasteiger partial charge >= 0.3 is 0 Å². The number of amidine groups is 1. The monoisotopic (exact) mass is 195 g/mol. The molecule has 0 radical (unpaired) electrons. The fourth-order valence-corrected chi connectivity index (χ4v) is 1.06. The molecular weight excluding hydrogens is 178 g/mol. The SMILES string of the molecule is Cc1ccc(C(=NC(C)(C)C)NN)o1. The standard InChI is InChI=1S/C10H17N3O/c1-7-5-6-8(14-7)9(13-11)12-10(2,3)4/h5-6H,11H2,1-4H3,(H,12,13). The van der Waals surface area contributed by atoms with Gasteiger partial charge < -0.3 is 9.84 Å². The summed E-state index contributed by atoms with van der Waals surface area (Å²) in [5, 5.41) is 0. The Labute approximate surface area is 84.2 Å². The molecule has 0 aliphatic carbocycles. The Morgan fingerprint density at radius 2 is 2.07 bits per heavy atom. The van der Waals surface area contributed by atoms with Crippen LogP contribution in [0.15, 0.2) is 21.5 Å². The number of aryl methyl sites for hydroxylation is 1. The second-order valence-corrected chi connectivity index (χ2v) is 4.19. The highest BCUT2D eigenvalue weighted by atomic mass is 16.3. The largest absolute Gasteiger partial charge is 0.458 e. The summed E-state index contributed by atoms with van der Waals surface area (Å²) >= 11 is 0. The Balaban J connectivity index is 2.99. The van der Waals surface area contributed by atoms with Crippen molar-refractivity contribution >= 4 is 5.84 Å². The Bertz CT molecular complexity index is 333. The maximum absolute atomic E-state index is 5.41. The van der Waals surface area contributed by atoms with Gasteiger partial charge in [0, 0.05) is 0 Å². The number of nitrogens with two attached hydrogens (primary N) is 1.